The molecule has 130 valence electrons. The van der Waals surface area contributed by atoms with E-state index in [1.807, 2.05) is 61.2 Å². The van der Waals surface area contributed by atoms with Crippen LogP contribution in [0.4, 0.5) is 0 Å². The summed E-state index contributed by atoms with van der Waals surface area (Å²) in [7, 11) is 0. The first-order valence-electron chi connectivity index (χ1n) is 8.80. The molecule has 0 fully saturated rings. The number of rotatable bonds is 8. The lowest BCUT2D eigenvalue weighted by atomic mass is 10.1. The fraction of sp³-hybridized carbons (Fsp3) is 0.182. The fourth-order valence-electron chi connectivity index (χ4n) is 2.46. The van der Waals surface area contributed by atoms with Crippen LogP contribution in [0.5, 0.6) is 0 Å². The van der Waals surface area contributed by atoms with Crippen LogP contribution in [0.3, 0.4) is 0 Å². The lowest BCUT2D eigenvalue weighted by molar-refractivity contribution is 0.926. The topological polar surface area (TPSA) is 50.5 Å². The Hall–Kier alpha value is -3.14. The predicted molar refractivity (Wildman–Crippen MR) is 107 cm³/mol. The van der Waals surface area contributed by atoms with Crippen LogP contribution in [0.25, 0.3) is 0 Å². The van der Waals surface area contributed by atoms with Crippen molar-refractivity contribution in [2.75, 3.05) is 13.1 Å². The van der Waals surface area contributed by atoms with Crippen LogP contribution >= 0.6 is 0 Å². The molecule has 0 N–H and O–H groups in total. The van der Waals surface area contributed by atoms with Crippen LogP contribution in [0.1, 0.15) is 22.5 Å². The van der Waals surface area contributed by atoms with Crippen LogP contribution in [0.15, 0.2) is 83.0 Å². The van der Waals surface area contributed by atoms with Gasteiger partial charge in [0, 0.05) is 62.1 Å². The van der Waals surface area contributed by atoms with Gasteiger partial charge in [-0.25, -0.2) is 0 Å². The fourth-order valence-corrected chi connectivity index (χ4v) is 2.46. The van der Waals surface area contributed by atoms with Crippen molar-refractivity contribution in [3.8, 4) is 0 Å². The molecule has 0 aliphatic heterocycles. The summed E-state index contributed by atoms with van der Waals surface area (Å²) in [6.45, 7) is 1.49. The Bertz CT molecular complexity index is 753. The zero-order valence-electron chi connectivity index (χ0n) is 14.7. The Morgan fingerprint density at radius 2 is 1.08 bits per heavy atom. The average Bonchev–Trinajstić information content (AvgIpc) is 2.71. The van der Waals surface area contributed by atoms with Gasteiger partial charge in [-0.1, -0.05) is 36.4 Å². The van der Waals surface area contributed by atoms with E-state index in [-0.39, 0.29) is 0 Å². The quantitative estimate of drug-likeness (QED) is 0.585. The predicted octanol–water partition coefficient (Wildman–Crippen LogP) is 3.80. The molecule has 2 heterocycles. The average molecular weight is 342 g/mol. The van der Waals surface area contributed by atoms with E-state index in [0.29, 0.717) is 0 Å². The van der Waals surface area contributed by atoms with Crippen LogP contribution < -0.4 is 0 Å². The third kappa shape index (κ3) is 6.06. The molecule has 3 aromatic rings. The number of benzene rings is 1. The van der Waals surface area contributed by atoms with Crippen LogP contribution in [-0.4, -0.2) is 35.5 Å². The van der Waals surface area contributed by atoms with Crippen molar-refractivity contribution in [2.45, 2.75) is 12.8 Å². The SMILES string of the molecule is C(=NCCc1ccccn1)c1ccc(C=NCCc2ccccn2)cc1. The first kappa shape index (κ1) is 17.7. The van der Waals surface area contributed by atoms with E-state index < -0.39 is 0 Å². The minimum Gasteiger partial charge on any atom is -0.292 e. The van der Waals surface area contributed by atoms with E-state index in [1.54, 1.807) is 0 Å². The second kappa shape index (κ2) is 9.99. The van der Waals surface area contributed by atoms with Crippen molar-refractivity contribution < 1.29 is 0 Å². The van der Waals surface area contributed by atoms with Gasteiger partial charge in [0.05, 0.1) is 0 Å². The maximum atomic E-state index is 4.47. The molecular weight excluding hydrogens is 320 g/mol. The first-order valence-corrected chi connectivity index (χ1v) is 8.80. The molecule has 0 aliphatic carbocycles. The van der Waals surface area contributed by atoms with Gasteiger partial charge in [-0.15, -0.1) is 0 Å². The highest BCUT2D eigenvalue weighted by molar-refractivity contribution is 5.84. The second-order valence-electron chi connectivity index (χ2n) is 5.88. The summed E-state index contributed by atoms with van der Waals surface area (Å²) in [5, 5.41) is 0. The van der Waals surface area contributed by atoms with Crippen molar-refractivity contribution in [1.82, 2.24) is 9.97 Å². The third-order valence-electron chi connectivity index (χ3n) is 3.86. The summed E-state index contributed by atoms with van der Waals surface area (Å²) >= 11 is 0. The summed E-state index contributed by atoms with van der Waals surface area (Å²) in [5.41, 5.74) is 4.33. The molecule has 3 rings (SSSR count). The maximum Gasteiger partial charge on any atom is 0.0445 e. The molecule has 0 spiro atoms. The van der Waals surface area contributed by atoms with Crippen LogP contribution in [0.2, 0.25) is 0 Å². The van der Waals surface area contributed by atoms with Crippen LogP contribution in [-0.2, 0) is 12.8 Å². The summed E-state index contributed by atoms with van der Waals surface area (Å²) in [6.07, 6.45) is 9.16. The van der Waals surface area contributed by atoms with Gasteiger partial charge in [0.15, 0.2) is 0 Å². The number of hydrogen-bond donors (Lipinski definition) is 0. The third-order valence-corrected chi connectivity index (χ3v) is 3.86. The van der Waals surface area contributed by atoms with Crippen LogP contribution in [0, 0.1) is 0 Å². The largest absolute Gasteiger partial charge is 0.292 e. The molecule has 26 heavy (non-hydrogen) atoms. The van der Waals surface area contributed by atoms with Gasteiger partial charge >= 0.3 is 0 Å². The Morgan fingerprint density at radius 1 is 0.615 bits per heavy atom. The normalized spacial score (nSPS) is 11.4. The van der Waals surface area contributed by atoms with Crippen molar-refractivity contribution in [2.24, 2.45) is 9.98 Å². The highest BCUT2D eigenvalue weighted by atomic mass is 14.7. The first-order chi connectivity index (χ1) is 12.9. The van der Waals surface area contributed by atoms with Crippen molar-refractivity contribution >= 4 is 12.4 Å². The number of nitrogens with zero attached hydrogens (tertiary/aromatic N) is 4. The monoisotopic (exact) mass is 342 g/mol. The van der Waals surface area contributed by atoms with Gasteiger partial charge < -0.3 is 0 Å². The molecule has 0 atom stereocenters. The van der Waals surface area contributed by atoms with Gasteiger partial charge in [-0.05, 0) is 35.4 Å². The van der Waals surface area contributed by atoms with Gasteiger partial charge in [0.25, 0.3) is 0 Å². The minimum atomic E-state index is 0.744. The standard InChI is InChI=1S/C22H22N4/c1-3-13-25-21(5-1)11-15-23-17-19-7-9-20(10-8-19)18-24-16-12-22-6-2-4-14-26-22/h1-10,13-14,17-18H,11-12,15-16H2. The van der Waals surface area contributed by atoms with Crippen molar-refractivity contribution in [3.05, 3.63) is 95.6 Å². The lowest BCUT2D eigenvalue weighted by Gasteiger charge is -1.98. The summed E-state index contributed by atoms with van der Waals surface area (Å²) in [5.74, 6) is 0. The van der Waals surface area contributed by atoms with E-state index in [2.05, 4.69) is 44.2 Å². The number of hydrogen-bond acceptors (Lipinski definition) is 4. The Morgan fingerprint density at radius 3 is 1.46 bits per heavy atom. The highest BCUT2D eigenvalue weighted by Crippen LogP contribution is 2.02. The number of aliphatic imine (C=N–C) groups is 2. The van der Waals surface area contributed by atoms with Gasteiger partial charge in [-0.2, -0.15) is 0 Å². The highest BCUT2D eigenvalue weighted by Gasteiger charge is 1.93. The lowest BCUT2D eigenvalue weighted by Crippen LogP contribution is -1.94. The molecule has 4 nitrogen and oxygen atoms in total. The molecular formula is C22H22N4. The molecule has 0 bridgehead atoms. The molecule has 2 aromatic heterocycles. The zero-order chi connectivity index (χ0) is 17.9. The van der Waals surface area contributed by atoms with E-state index in [4.69, 9.17) is 0 Å². The summed E-state index contributed by atoms with van der Waals surface area (Å²) < 4.78 is 0. The molecule has 0 amide bonds. The Kier molecular flexibility index (Phi) is 6.79. The van der Waals surface area contributed by atoms with Gasteiger partial charge in [0.2, 0.25) is 0 Å². The van der Waals surface area contributed by atoms with Crippen molar-refractivity contribution in [3.63, 3.8) is 0 Å². The van der Waals surface area contributed by atoms with E-state index >= 15 is 0 Å². The van der Waals surface area contributed by atoms with E-state index in [0.717, 1.165) is 48.4 Å². The maximum absolute atomic E-state index is 4.47. The van der Waals surface area contributed by atoms with Crippen molar-refractivity contribution in [1.29, 1.82) is 0 Å². The van der Waals surface area contributed by atoms with Gasteiger partial charge in [-0.3, -0.25) is 20.0 Å². The molecule has 1 aromatic carbocycles. The summed E-state index contributed by atoms with van der Waals surface area (Å²) in [4.78, 5) is 17.5. The Balaban J connectivity index is 1.42. The zero-order valence-corrected chi connectivity index (χ0v) is 14.7. The van der Waals surface area contributed by atoms with E-state index in [9.17, 15) is 0 Å². The summed E-state index contributed by atoms with van der Waals surface area (Å²) in [6, 6.07) is 20.1. The minimum absolute atomic E-state index is 0.744. The second-order valence-corrected chi connectivity index (χ2v) is 5.88. The van der Waals surface area contributed by atoms with E-state index in [1.165, 1.54) is 0 Å². The number of aromatic nitrogens is 2. The molecule has 4 heteroatoms. The molecule has 0 aliphatic rings. The molecule has 0 saturated heterocycles. The smallest absolute Gasteiger partial charge is 0.0445 e. The van der Waals surface area contributed by atoms with Gasteiger partial charge in [0.1, 0.15) is 0 Å². The number of pyridine rings is 2. The molecule has 0 unspecified atom stereocenters. The molecule has 0 radical (unpaired) electrons. The Labute approximate surface area is 154 Å². The molecule has 0 saturated carbocycles.